The van der Waals surface area contributed by atoms with E-state index in [2.05, 4.69) is 36.2 Å². The largest absolute Gasteiger partial charge is 0.325 e. The lowest BCUT2D eigenvalue weighted by atomic mass is 9.91. The average molecular weight is 216 g/mol. The highest BCUT2D eigenvalue weighted by atomic mass is 15.2. The summed E-state index contributed by atoms with van der Waals surface area (Å²) >= 11 is 0. The van der Waals surface area contributed by atoms with Gasteiger partial charge in [0.05, 0.1) is 0 Å². The van der Waals surface area contributed by atoms with Crippen molar-refractivity contribution in [1.29, 1.82) is 0 Å². The van der Waals surface area contributed by atoms with E-state index in [4.69, 9.17) is 5.73 Å². The third-order valence-corrected chi connectivity index (χ3v) is 3.96. The monoisotopic (exact) mass is 216 g/mol. The number of nitrogens with two attached hydrogens (primary N) is 1. The smallest absolute Gasteiger partial charge is 0.0196 e. The van der Waals surface area contributed by atoms with E-state index in [1.165, 1.54) is 37.1 Å². The fourth-order valence-electron chi connectivity index (χ4n) is 2.56. The summed E-state index contributed by atoms with van der Waals surface area (Å²) in [5.41, 5.74) is 9.15. The Morgan fingerprint density at radius 3 is 2.38 bits per heavy atom. The van der Waals surface area contributed by atoms with E-state index < -0.39 is 0 Å². The highest BCUT2D eigenvalue weighted by Gasteiger charge is 2.37. The molecule has 2 heteroatoms. The Balaban J connectivity index is 1.65. The topological polar surface area (TPSA) is 29.3 Å². The van der Waals surface area contributed by atoms with Crippen LogP contribution >= 0.6 is 0 Å². The molecule has 1 saturated carbocycles. The number of hydrogen-bond donors (Lipinski definition) is 1. The van der Waals surface area contributed by atoms with Gasteiger partial charge >= 0.3 is 0 Å². The molecule has 0 unspecified atom stereocenters. The maximum Gasteiger partial charge on any atom is 0.0196 e. The Hall–Kier alpha value is -0.860. The molecule has 0 atom stereocenters. The molecule has 1 aromatic carbocycles. The summed E-state index contributed by atoms with van der Waals surface area (Å²) in [6.45, 7) is 2.42. The molecule has 0 spiro atoms. The third-order valence-electron chi connectivity index (χ3n) is 3.96. The van der Waals surface area contributed by atoms with E-state index in [1.54, 1.807) is 0 Å². The van der Waals surface area contributed by atoms with E-state index in [1.807, 2.05) is 0 Å². The van der Waals surface area contributed by atoms with Gasteiger partial charge in [-0.1, -0.05) is 24.3 Å². The van der Waals surface area contributed by atoms with Gasteiger partial charge in [-0.25, -0.2) is 0 Å². The fourth-order valence-corrected chi connectivity index (χ4v) is 2.56. The standard InChI is InChI=1S/C14H20N2/c1-16-9-13(10-16)12-4-2-11(3-5-12)8-14(15)6-7-14/h2-5,13H,6-10,15H2,1H3. The number of nitrogens with zero attached hydrogens (tertiary/aromatic N) is 1. The van der Waals surface area contributed by atoms with E-state index in [0.29, 0.717) is 0 Å². The number of benzene rings is 1. The third kappa shape index (κ3) is 2.00. The maximum atomic E-state index is 6.13. The predicted molar refractivity (Wildman–Crippen MR) is 66.5 cm³/mol. The second-order valence-corrected chi connectivity index (χ2v) is 5.70. The van der Waals surface area contributed by atoms with E-state index >= 15 is 0 Å². The molecule has 2 nitrogen and oxygen atoms in total. The van der Waals surface area contributed by atoms with Gasteiger partial charge in [-0.15, -0.1) is 0 Å². The van der Waals surface area contributed by atoms with Crippen molar-refractivity contribution in [3.05, 3.63) is 35.4 Å². The molecule has 3 rings (SSSR count). The van der Waals surface area contributed by atoms with Gasteiger partial charge in [0, 0.05) is 24.5 Å². The number of rotatable bonds is 3. The van der Waals surface area contributed by atoms with Crippen LogP contribution in [0, 0.1) is 0 Å². The van der Waals surface area contributed by atoms with E-state index in [0.717, 1.165) is 12.3 Å². The summed E-state index contributed by atoms with van der Waals surface area (Å²) in [5, 5.41) is 0. The first-order valence-electron chi connectivity index (χ1n) is 6.21. The van der Waals surface area contributed by atoms with Crippen molar-refractivity contribution >= 4 is 0 Å². The van der Waals surface area contributed by atoms with Crippen molar-refractivity contribution in [2.75, 3.05) is 20.1 Å². The Morgan fingerprint density at radius 2 is 1.88 bits per heavy atom. The minimum Gasteiger partial charge on any atom is -0.325 e. The van der Waals surface area contributed by atoms with Gasteiger partial charge in [-0.2, -0.15) is 0 Å². The Bertz CT molecular complexity index is 372. The highest BCUT2D eigenvalue weighted by Crippen LogP contribution is 2.36. The number of likely N-dealkylation sites (tertiary alicyclic amines) is 1. The van der Waals surface area contributed by atoms with Crippen LogP contribution in [0.3, 0.4) is 0 Å². The molecular formula is C14H20N2. The molecule has 2 aliphatic rings. The number of likely N-dealkylation sites (N-methyl/N-ethyl adjacent to an activating group) is 1. The normalized spacial score (nSPS) is 24.1. The van der Waals surface area contributed by atoms with Gasteiger partial charge in [0.2, 0.25) is 0 Å². The zero-order chi connectivity index (χ0) is 11.2. The van der Waals surface area contributed by atoms with E-state index in [-0.39, 0.29) is 5.54 Å². The molecule has 2 fully saturated rings. The highest BCUT2D eigenvalue weighted by molar-refractivity contribution is 5.29. The zero-order valence-electron chi connectivity index (χ0n) is 9.95. The lowest BCUT2D eigenvalue weighted by Crippen LogP contribution is -2.41. The molecule has 16 heavy (non-hydrogen) atoms. The van der Waals surface area contributed by atoms with Crippen LogP contribution in [-0.2, 0) is 6.42 Å². The van der Waals surface area contributed by atoms with Gasteiger partial charge in [0.1, 0.15) is 0 Å². The van der Waals surface area contributed by atoms with Crippen molar-refractivity contribution in [1.82, 2.24) is 4.90 Å². The Kier molecular flexibility index (Phi) is 2.30. The van der Waals surface area contributed by atoms with Crippen molar-refractivity contribution in [2.45, 2.75) is 30.7 Å². The molecule has 86 valence electrons. The second kappa shape index (κ2) is 3.57. The maximum absolute atomic E-state index is 6.13. The van der Waals surface area contributed by atoms with E-state index in [9.17, 15) is 0 Å². The molecule has 1 heterocycles. The van der Waals surface area contributed by atoms with Crippen LogP contribution < -0.4 is 5.73 Å². The summed E-state index contributed by atoms with van der Waals surface area (Å²) < 4.78 is 0. The second-order valence-electron chi connectivity index (χ2n) is 5.70. The summed E-state index contributed by atoms with van der Waals surface area (Å²) in [5.74, 6) is 0.756. The van der Waals surface area contributed by atoms with Crippen LogP contribution in [0.1, 0.15) is 29.9 Å². The molecule has 1 aromatic rings. The zero-order valence-corrected chi connectivity index (χ0v) is 9.95. The molecule has 2 N–H and O–H groups in total. The molecule has 0 radical (unpaired) electrons. The molecular weight excluding hydrogens is 196 g/mol. The van der Waals surface area contributed by atoms with Crippen LogP contribution in [0.15, 0.2) is 24.3 Å². The molecule has 1 aliphatic carbocycles. The van der Waals surface area contributed by atoms with Crippen LogP contribution in [0.5, 0.6) is 0 Å². The first-order chi connectivity index (χ1) is 7.65. The summed E-state index contributed by atoms with van der Waals surface area (Å²) in [6, 6.07) is 9.11. The summed E-state index contributed by atoms with van der Waals surface area (Å²) in [4.78, 5) is 2.36. The number of hydrogen-bond acceptors (Lipinski definition) is 2. The Labute approximate surface area is 97.4 Å². The minimum atomic E-state index is 0.137. The van der Waals surface area contributed by atoms with Crippen LogP contribution in [0.4, 0.5) is 0 Å². The van der Waals surface area contributed by atoms with Gasteiger partial charge in [-0.3, -0.25) is 0 Å². The van der Waals surface area contributed by atoms with Crippen LogP contribution in [0.2, 0.25) is 0 Å². The quantitative estimate of drug-likeness (QED) is 0.834. The first kappa shape index (κ1) is 10.3. The van der Waals surface area contributed by atoms with Crippen LogP contribution in [-0.4, -0.2) is 30.6 Å². The van der Waals surface area contributed by atoms with Crippen LogP contribution in [0.25, 0.3) is 0 Å². The average Bonchev–Trinajstić information content (AvgIpc) is 2.93. The van der Waals surface area contributed by atoms with Gasteiger partial charge in [0.25, 0.3) is 0 Å². The SMILES string of the molecule is CN1CC(c2ccc(CC3(N)CC3)cc2)C1. The first-order valence-corrected chi connectivity index (χ1v) is 6.21. The molecule has 1 aliphatic heterocycles. The summed E-state index contributed by atoms with van der Waals surface area (Å²) in [6.07, 6.45) is 3.45. The lowest BCUT2D eigenvalue weighted by molar-refractivity contribution is 0.190. The van der Waals surface area contributed by atoms with Crippen molar-refractivity contribution in [2.24, 2.45) is 5.73 Å². The molecule has 1 saturated heterocycles. The van der Waals surface area contributed by atoms with Crippen molar-refractivity contribution in [3.63, 3.8) is 0 Å². The minimum absolute atomic E-state index is 0.137. The van der Waals surface area contributed by atoms with Gasteiger partial charge in [0.15, 0.2) is 0 Å². The lowest BCUT2D eigenvalue weighted by Gasteiger charge is -2.36. The fraction of sp³-hybridized carbons (Fsp3) is 0.571. The predicted octanol–water partition coefficient (Wildman–Crippen LogP) is 1.75. The Morgan fingerprint density at radius 1 is 1.25 bits per heavy atom. The van der Waals surface area contributed by atoms with Gasteiger partial charge < -0.3 is 10.6 Å². The molecule has 0 aromatic heterocycles. The van der Waals surface area contributed by atoms with Gasteiger partial charge in [-0.05, 0) is 37.4 Å². The van der Waals surface area contributed by atoms with Crippen molar-refractivity contribution in [3.8, 4) is 0 Å². The molecule has 0 amide bonds. The summed E-state index contributed by atoms with van der Waals surface area (Å²) in [7, 11) is 2.18. The molecule has 0 bridgehead atoms. The van der Waals surface area contributed by atoms with Crippen molar-refractivity contribution < 1.29 is 0 Å².